The number of anilines is 1. The SMILES string of the molecule is CN(C)c1ccccc1CNC(=O)c1cnccn1. The monoisotopic (exact) mass is 256 g/mol. The summed E-state index contributed by atoms with van der Waals surface area (Å²) in [5.74, 6) is -0.221. The van der Waals surface area contributed by atoms with Crippen molar-refractivity contribution in [3.8, 4) is 0 Å². The number of nitrogens with zero attached hydrogens (tertiary/aromatic N) is 3. The molecule has 0 spiro atoms. The molecule has 1 amide bonds. The lowest BCUT2D eigenvalue weighted by Crippen LogP contribution is -2.25. The largest absolute Gasteiger partial charge is 0.377 e. The number of hydrogen-bond donors (Lipinski definition) is 1. The number of amides is 1. The van der Waals surface area contributed by atoms with Crippen LogP contribution in [0.15, 0.2) is 42.9 Å². The Kier molecular flexibility index (Phi) is 4.07. The van der Waals surface area contributed by atoms with E-state index in [0.29, 0.717) is 12.2 Å². The van der Waals surface area contributed by atoms with Gasteiger partial charge >= 0.3 is 0 Å². The van der Waals surface area contributed by atoms with Crippen LogP contribution in [0.3, 0.4) is 0 Å². The molecule has 5 nitrogen and oxygen atoms in total. The Morgan fingerprint density at radius 3 is 2.74 bits per heavy atom. The van der Waals surface area contributed by atoms with E-state index in [9.17, 15) is 4.79 Å². The lowest BCUT2D eigenvalue weighted by atomic mass is 10.1. The third kappa shape index (κ3) is 3.28. The molecule has 0 radical (unpaired) electrons. The Hall–Kier alpha value is -2.43. The summed E-state index contributed by atoms with van der Waals surface area (Å²) in [5, 5.41) is 2.84. The van der Waals surface area contributed by atoms with Gasteiger partial charge in [0.15, 0.2) is 0 Å². The standard InChI is InChI=1S/C14H16N4O/c1-18(2)13-6-4-3-5-11(13)9-17-14(19)12-10-15-7-8-16-12/h3-8,10H,9H2,1-2H3,(H,17,19). The Morgan fingerprint density at radius 1 is 1.26 bits per heavy atom. The zero-order valence-electron chi connectivity index (χ0n) is 11.0. The molecule has 0 fully saturated rings. The fourth-order valence-electron chi connectivity index (χ4n) is 1.78. The molecule has 0 aliphatic heterocycles. The summed E-state index contributed by atoms with van der Waals surface area (Å²) in [4.78, 5) is 21.7. The Morgan fingerprint density at radius 2 is 2.05 bits per heavy atom. The summed E-state index contributed by atoms with van der Waals surface area (Å²) in [6.07, 6.45) is 4.49. The first-order valence-corrected chi connectivity index (χ1v) is 5.98. The van der Waals surface area contributed by atoms with Gasteiger partial charge in [-0.3, -0.25) is 9.78 Å². The molecular weight excluding hydrogens is 240 g/mol. The average molecular weight is 256 g/mol. The molecular formula is C14H16N4O. The van der Waals surface area contributed by atoms with Gasteiger partial charge in [0, 0.05) is 38.7 Å². The minimum Gasteiger partial charge on any atom is -0.377 e. The predicted octanol–water partition coefficient (Wildman–Crippen LogP) is 1.47. The molecule has 0 aliphatic carbocycles. The first-order valence-electron chi connectivity index (χ1n) is 5.98. The maximum atomic E-state index is 11.9. The molecule has 0 saturated carbocycles. The lowest BCUT2D eigenvalue weighted by Gasteiger charge is -2.17. The first-order chi connectivity index (χ1) is 9.18. The predicted molar refractivity (Wildman–Crippen MR) is 74.0 cm³/mol. The van der Waals surface area contributed by atoms with Crippen molar-refractivity contribution < 1.29 is 4.79 Å². The molecule has 1 aromatic heterocycles. The Labute approximate surface area is 112 Å². The molecule has 98 valence electrons. The highest BCUT2D eigenvalue weighted by atomic mass is 16.1. The molecule has 2 aromatic rings. The van der Waals surface area contributed by atoms with Crippen molar-refractivity contribution in [2.75, 3.05) is 19.0 Å². The van der Waals surface area contributed by atoms with E-state index in [2.05, 4.69) is 15.3 Å². The number of rotatable bonds is 4. The van der Waals surface area contributed by atoms with Crippen LogP contribution in [-0.2, 0) is 6.54 Å². The van der Waals surface area contributed by atoms with Gasteiger partial charge in [0.2, 0.25) is 0 Å². The van der Waals surface area contributed by atoms with Crippen LogP contribution in [0.5, 0.6) is 0 Å². The number of para-hydroxylation sites is 1. The highest BCUT2D eigenvalue weighted by Crippen LogP contribution is 2.17. The Bertz CT molecular complexity index is 554. The van der Waals surface area contributed by atoms with Crippen LogP contribution in [0.2, 0.25) is 0 Å². The zero-order chi connectivity index (χ0) is 13.7. The van der Waals surface area contributed by atoms with E-state index >= 15 is 0 Å². The summed E-state index contributed by atoms with van der Waals surface area (Å²) < 4.78 is 0. The van der Waals surface area contributed by atoms with Crippen LogP contribution < -0.4 is 10.2 Å². The van der Waals surface area contributed by atoms with E-state index < -0.39 is 0 Å². The number of carbonyl (C=O) groups excluding carboxylic acids is 1. The van der Waals surface area contributed by atoms with Gasteiger partial charge in [0.25, 0.3) is 5.91 Å². The topological polar surface area (TPSA) is 58.1 Å². The van der Waals surface area contributed by atoms with Crippen molar-refractivity contribution in [1.29, 1.82) is 0 Å². The van der Waals surface area contributed by atoms with Crippen molar-refractivity contribution in [1.82, 2.24) is 15.3 Å². The number of benzene rings is 1. The number of hydrogen-bond acceptors (Lipinski definition) is 4. The third-order valence-electron chi connectivity index (χ3n) is 2.71. The van der Waals surface area contributed by atoms with Crippen molar-refractivity contribution in [2.45, 2.75) is 6.54 Å². The van der Waals surface area contributed by atoms with Gasteiger partial charge < -0.3 is 10.2 Å². The minimum absolute atomic E-state index is 0.221. The van der Waals surface area contributed by atoms with Crippen LogP contribution in [0.1, 0.15) is 16.1 Å². The van der Waals surface area contributed by atoms with E-state index in [0.717, 1.165) is 11.3 Å². The molecule has 0 saturated heterocycles. The molecule has 1 heterocycles. The molecule has 5 heteroatoms. The quantitative estimate of drug-likeness (QED) is 0.900. The number of carbonyl (C=O) groups is 1. The van der Waals surface area contributed by atoms with Gasteiger partial charge in [0.1, 0.15) is 5.69 Å². The Balaban J connectivity index is 2.05. The van der Waals surface area contributed by atoms with Crippen LogP contribution in [0, 0.1) is 0 Å². The van der Waals surface area contributed by atoms with Crippen molar-refractivity contribution in [3.63, 3.8) is 0 Å². The van der Waals surface area contributed by atoms with Crippen molar-refractivity contribution in [3.05, 3.63) is 54.1 Å². The number of aromatic nitrogens is 2. The summed E-state index contributed by atoms with van der Waals surface area (Å²) in [6.45, 7) is 0.462. The van der Waals surface area contributed by atoms with Crippen LogP contribution >= 0.6 is 0 Å². The second-order valence-corrected chi connectivity index (χ2v) is 4.30. The van der Waals surface area contributed by atoms with E-state index in [1.165, 1.54) is 18.6 Å². The summed E-state index contributed by atoms with van der Waals surface area (Å²) >= 11 is 0. The molecule has 1 aromatic carbocycles. The van der Waals surface area contributed by atoms with Crippen LogP contribution in [-0.4, -0.2) is 30.0 Å². The van der Waals surface area contributed by atoms with E-state index in [-0.39, 0.29) is 5.91 Å². The molecule has 0 unspecified atom stereocenters. The fraction of sp³-hybridized carbons (Fsp3) is 0.214. The normalized spacial score (nSPS) is 10.0. The van der Waals surface area contributed by atoms with Crippen molar-refractivity contribution in [2.24, 2.45) is 0 Å². The van der Waals surface area contributed by atoms with Gasteiger partial charge in [-0.15, -0.1) is 0 Å². The maximum Gasteiger partial charge on any atom is 0.271 e. The second kappa shape index (κ2) is 5.95. The molecule has 0 bridgehead atoms. The van der Waals surface area contributed by atoms with Gasteiger partial charge in [-0.1, -0.05) is 18.2 Å². The molecule has 19 heavy (non-hydrogen) atoms. The highest BCUT2D eigenvalue weighted by Gasteiger charge is 2.08. The lowest BCUT2D eigenvalue weighted by molar-refractivity contribution is 0.0945. The number of nitrogens with one attached hydrogen (secondary N) is 1. The minimum atomic E-state index is -0.221. The van der Waals surface area contributed by atoms with E-state index in [4.69, 9.17) is 0 Å². The van der Waals surface area contributed by atoms with E-state index in [1.54, 1.807) is 0 Å². The summed E-state index contributed by atoms with van der Waals surface area (Å²) in [7, 11) is 3.95. The van der Waals surface area contributed by atoms with Gasteiger partial charge in [0.05, 0.1) is 6.20 Å². The zero-order valence-corrected chi connectivity index (χ0v) is 11.0. The molecule has 1 N–H and O–H groups in total. The third-order valence-corrected chi connectivity index (χ3v) is 2.71. The highest BCUT2D eigenvalue weighted by molar-refractivity contribution is 5.91. The van der Waals surface area contributed by atoms with Crippen molar-refractivity contribution >= 4 is 11.6 Å². The second-order valence-electron chi connectivity index (χ2n) is 4.30. The first kappa shape index (κ1) is 13.0. The summed E-state index contributed by atoms with van der Waals surface area (Å²) in [5.41, 5.74) is 2.47. The average Bonchev–Trinajstić information content (AvgIpc) is 2.46. The molecule has 0 aliphatic rings. The molecule has 0 atom stereocenters. The fourth-order valence-corrected chi connectivity index (χ4v) is 1.78. The summed E-state index contributed by atoms with van der Waals surface area (Å²) in [6, 6.07) is 7.94. The van der Waals surface area contributed by atoms with Crippen LogP contribution in [0.25, 0.3) is 0 Å². The van der Waals surface area contributed by atoms with E-state index in [1.807, 2.05) is 43.3 Å². The smallest absolute Gasteiger partial charge is 0.271 e. The van der Waals surface area contributed by atoms with Gasteiger partial charge in [-0.25, -0.2) is 4.98 Å². The maximum absolute atomic E-state index is 11.9. The molecule has 2 rings (SSSR count). The van der Waals surface area contributed by atoms with Crippen LogP contribution in [0.4, 0.5) is 5.69 Å². The van der Waals surface area contributed by atoms with Gasteiger partial charge in [-0.2, -0.15) is 0 Å². The van der Waals surface area contributed by atoms with Gasteiger partial charge in [-0.05, 0) is 11.6 Å².